The Hall–Kier alpha value is -0.610. The number of hydrogen-bond donors (Lipinski definition) is 1. The quantitative estimate of drug-likeness (QED) is 0.900. The van der Waals surface area contributed by atoms with Crippen molar-refractivity contribution < 1.29 is 8.78 Å². The van der Waals surface area contributed by atoms with Gasteiger partial charge >= 0.3 is 0 Å². The molecule has 4 heteroatoms. The molecule has 17 heavy (non-hydrogen) atoms. The molecule has 0 saturated carbocycles. The first-order valence-corrected chi connectivity index (χ1v) is 7.02. The largest absolute Gasteiger partial charge is 0.326 e. The van der Waals surface area contributed by atoms with Crippen LogP contribution in [-0.2, 0) is 6.42 Å². The van der Waals surface area contributed by atoms with Gasteiger partial charge in [0, 0.05) is 17.4 Å². The zero-order valence-corrected chi connectivity index (χ0v) is 10.5. The number of hydrogen-bond acceptors (Lipinski definition) is 2. The average Bonchev–Trinajstić information content (AvgIpc) is 2.28. The summed E-state index contributed by atoms with van der Waals surface area (Å²) in [6.07, 6.45) is 4.13. The molecule has 0 aliphatic carbocycles. The van der Waals surface area contributed by atoms with Gasteiger partial charge in [0.2, 0.25) is 0 Å². The van der Waals surface area contributed by atoms with Gasteiger partial charge in [0.05, 0.1) is 0 Å². The lowest BCUT2D eigenvalue weighted by Gasteiger charge is -2.27. The third-order valence-corrected chi connectivity index (χ3v) is 4.62. The minimum atomic E-state index is -0.525. The monoisotopic (exact) mass is 257 g/mol. The lowest BCUT2D eigenvalue weighted by Crippen LogP contribution is -2.36. The van der Waals surface area contributed by atoms with Gasteiger partial charge in [0.1, 0.15) is 11.6 Å². The van der Waals surface area contributed by atoms with Crippen molar-refractivity contribution >= 4 is 11.8 Å². The summed E-state index contributed by atoms with van der Waals surface area (Å²) in [5.74, 6) is 0.0996. The Labute approximate surface area is 105 Å². The number of rotatable bonds is 3. The fourth-order valence-corrected chi connectivity index (χ4v) is 3.59. The van der Waals surface area contributed by atoms with Gasteiger partial charge in [-0.05, 0) is 42.7 Å². The Morgan fingerprint density at radius 1 is 1.24 bits per heavy atom. The molecule has 0 bridgehead atoms. The Kier molecular flexibility index (Phi) is 4.40. The summed E-state index contributed by atoms with van der Waals surface area (Å²) in [5.41, 5.74) is 6.77. The topological polar surface area (TPSA) is 26.0 Å². The van der Waals surface area contributed by atoms with E-state index in [0.29, 0.717) is 17.2 Å². The number of halogens is 2. The summed E-state index contributed by atoms with van der Waals surface area (Å²) >= 11 is 1.89. The van der Waals surface area contributed by atoms with Crippen LogP contribution in [0.1, 0.15) is 24.8 Å². The summed E-state index contributed by atoms with van der Waals surface area (Å²) in [6, 6.07) is 3.62. The molecular weight excluding hydrogens is 240 g/mol. The molecule has 1 saturated heterocycles. The highest BCUT2D eigenvalue weighted by molar-refractivity contribution is 8.00. The molecule has 1 aromatic rings. The molecule has 1 aromatic carbocycles. The molecule has 94 valence electrons. The molecule has 1 nitrogen and oxygen atoms in total. The maximum Gasteiger partial charge on any atom is 0.126 e. The van der Waals surface area contributed by atoms with E-state index in [9.17, 15) is 8.78 Å². The second kappa shape index (κ2) is 5.83. The first-order valence-electron chi connectivity index (χ1n) is 5.97. The summed E-state index contributed by atoms with van der Waals surface area (Å²) < 4.78 is 26.1. The summed E-state index contributed by atoms with van der Waals surface area (Å²) in [7, 11) is 0. The van der Waals surface area contributed by atoms with Crippen LogP contribution in [-0.4, -0.2) is 17.0 Å². The number of benzene rings is 1. The van der Waals surface area contributed by atoms with Gasteiger partial charge in [-0.15, -0.1) is 0 Å². The van der Waals surface area contributed by atoms with Gasteiger partial charge in [-0.1, -0.05) is 6.42 Å². The van der Waals surface area contributed by atoms with Crippen LogP contribution in [0.25, 0.3) is 0 Å². The van der Waals surface area contributed by atoms with Crippen LogP contribution in [0.3, 0.4) is 0 Å². The van der Waals surface area contributed by atoms with E-state index in [1.165, 1.54) is 25.0 Å². The number of nitrogens with two attached hydrogens (primary N) is 1. The van der Waals surface area contributed by atoms with Crippen molar-refractivity contribution in [3.63, 3.8) is 0 Å². The second-order valence-corrected chi connectivity index (χ2v) is 5.90. The van der Waals surface area contributed by atoms with Crippen LogP contribution in [0.15, 0.2) is 18.2 Å². The molecular formula is C13H17F2NS. The SMILES string of the molecule is NC(Cc1cc(F)cc(F)c1)C1CCCCS1. The van der Waals surface area contributed by atoms with Crippen LogP contribution >= 0.6 is 11.8 Å². The first-order chi connectivity index (χ1) is 8.15. The first kappa shape index (κ1) is 12.8. The second-order valence-electron chi connectivity index (χ2n) is 4.55. The van der Waals surface area contributed by atoms with E-state index < -0.39 is 11.6 Å². The van der Waals surface area contributed by atoms with Crippen LogP contribution in [0, 0.1) is 11.6 Å². The van der Waals surface area contributed by atoms with E-state index in [0.717, 1.165) is 18.2 Å². The van der Waals surface area contributed by atoms with Gasteiger partial charge in [0.25, 0.3) is 0 Å². The Morgan fingerprint density at radius 3 is 2.53 bits per heavy atom. The van der Waals surface area contributed by atoms with E-state index in [4.69, 9.17) is 5.73 Å². The minimum Gasteiger partial charge on any atom is -0.326 e. The summed E-state index contributed by atoms with van der Waals surface area (Å²) in [6.45, 7) is 0. The van der Waals surface area contributed by atoms with Crippen molar-refractivity contribution in [2.75, 3.05) is 5.75 Å². The predicted octanol–water partition coefficient (Wildman–Crippen LogP) is 3.12. The fourth-order valence-electron chi connectivity index (χ4n) is 2.24. The minimum absolute atomic E-state index is 0.0125. The molecule has 0 aromatic heterocycles. The highest BCUT2D eigenvalue weighted by Crippen LogP contribution is 2.28. The normalized spacial score (nSPS) is 22.4. The molecule has 2 N–H and O–H groups in total. The van der Waals surface area contributed by atoms with Crippen molar-refractivity contribution in [1.29, 1.82) is 0 Å². The van der Waals surface area contributed by atoms with E-state index >= 15 is 0 Å². The van der Waals surface area contributed by atoms with Crippen molar-refractivity contribution in [1.82, 2.24) is 0 Å². The van der Waals surface area contributed by atoms with E-state index in [1.54, 1.807) is 0 Å². The van der Waals surface area contributed by atoms with E-state index in [2.05, 4.69) is 0 Å². The summed E-state index contributed by atoms with van der Waals surface area (Å²) in [4.78, 5) is 0. The van der Waals surface area contributed by atoms with Gasteiger partial charge < -0.3 is 5.73 Å². The van der Waals surface area contributed by atoms with Crippen molar-refractivity contribution in [3.05, 3.63) is 35.4 Å². The molecule has 0 amide bonds. The average molecular weight is 257 g/mol. The van der Waals surface area contributed by atoms with Gasteiger partial charge in [-0.2, -0.15) is 11.8 Å². The standard InChI is InChI=1S/C13H17F2NS/c14-10-5-9(6-11(15)8-10)7-12(16)13-3-1-2-4-17-13/h5-6,8,12-13H,1-4,7,16H2. The van der Waals surface area contributed by atoms with Crippen LogP contribution in [0.5, 0.6) is 0 Å². The van der Waals surface area contributed by atoms with Crippen LogP contribution in [0.2, 0.25) is 0 Å². The molecule has 0 radical (unpaired) electrons. The lowest BCUT2D eigenvalue weighted by atomic mass is 10.00. The molecule has 1 fully saturated rings. The van der Waals surface area contributed by atoms with Gasteiger partial charge in [0.15, 0.2) is 0 Å². The maximum atomic E-state index is 13.0. The van der Waals surface area contributed by atoms with Gasteiger partial charge in [-0.3, -0.25) is 0 Å². The summed E-state index contributed by atoms with van der Waals surface area (Å²) in [5, 5.41) is 0.426. The smallest absolute Gasteiger partial charge is 0.126 e. The van der Waals surface area contributed by atoms with Crippen molar-refractivity contribution in [2.45, 2.75) is 37.0 Å². The highest BCUT2D eigenvalue weighted by Gasteiger charge is 2.21. The van der Waals surface area contributed by atoms with Crippen LogP contribution < -0.4 is 5.73 Å². The van der Waals surface area contributed by atoms with Crippen molar-refractivity contribution in [2.24, 2.45) is 5.73 Å². The highest BCUT2D eigenvalue weighted by atomic mass is 32.2. The number of thioether (sulfide) groups is 1. The molecule has 1 heterocycles. The predicted molar refractivity (Wildman–Crippen MR) is 68.1 cm³/mol. The third-order valence-electron chi connectivity index (χ3n) is 3.09. The van der Waals surface area contributed by atoms with Crippen LogP contribution in [0.4, 0.5) is 8.78 Å². The molecule has 2 atom stereocenters. The Balaban J connectivity index is 1.99. The van der Waals surface area contributed by atoms with Gasteiger partial charge in [-0.25, -0.2) is 8.78 Å². The molecule has 0 spiro atoms. The zero-order valence-electron chi connectivity index (χ0n) is 9.66. The fraction of sp³-hybridized carbons (Fsp3) is 0.538. The molecule has 2 rings (SSSR count). The molecule has 2 unspecified atom stereocenters. The molecule has 1 aliphatic rings. The Morgan fingerprint density at radius 2 is 1.94 bits per heavy atom. The Bertz CT molecular complexity index is 357. The maximum absolute atomic E-state index is 13.0. The van der Waals surface area contributed by atoms with E-state index in [1.807, 2.05) is 11.8 Å². The van der Waals surface area contributed by atoms with Crippen molar-refractivity contribution in [3.8, 4) is 0 Å². The van der Waals surface area contributed by atoms with E-state index in [-0.39, 0.29) is 6.04 Å². The zero-order chi connectivity index (χ0) is 12.3. The molecule has 1 aliphatic heterocycles. The third kappa shape index (κ3) is 3.68. The lowest BCUT2D eigenvalue weighted by molar-refractivity contribution is 0.549.